The quantitative estimate of drug-likeness (QED) is 0.645. The van der Waals surface area contributed by atoms with Gasteiger partial charge in [0, 0.05) is 16.1 Å². The molecule has 6 nitrogen and oxygen atoms in total. The van der Waals surface area contributed by atoms with Gasteiger partial charge in [-0.2, -0.15) is 0 Å². The van der Waals surface area contributed by atoms with Crippen LogP contribution in [0.15, 0.2) is 28.8 Å². The molecule has 1 aromatic carbocycles. The van der Waals surface area contributed by atoms with E-state index in [-0.39, 0.29) is 11.9 Å². The Balaban J connectivity index is 1.43. The molecule has 0 bridgehead atoms. The first-order valence-electron chi connectivity index (χ1n) is 9.24. The minimum absolute atomic E-state index is 0.0408. The topological polar surface area (TPSA) is 64.0 Å². The number of carbonyl (C=O) groups excluding carboxylic acids is 1. The first-order valence-corrected chi connectivity index (χ1v) is 10.00. The molecule has 1 amide bonds. The molecule has 27 heavy (non-hydrogen) atoms. The van der Waals surface area contributed by atoms with Crippen molar-refractivity contribution < 1.29 is 19.1 Å². The molecule has 0 radical (unpaired) electrons. The summed E-state index contributed by atoms with van der Waals surface area (Å²) in [6, 6.07) is 7.18. The largest absolute Gasteiger partial charge is 0.361 e. The smallest absolute Gasteiger partial charge is 0.275 e. The molecule has 2 heterocycles. The number of piperazine rings is 1. The third kappa shape index (κ3) is 5.69. The number of halogens is 2. The first kappa shape index (κ1) is 20.1. The molecule has 0 saturated carbocycles. The Morgan fingerprint density at radius 2 is 1.93 bits per heavy atom. The second kappa shape index (κ2) is 9.06. The lowest BCUT2D eigenvalue weighted by atomic mass is 10.1. The van der Waals surface area contributed by atoms with Crippen LogP contribution in [0.3, 0.4) is 0 Å². The van der Waals surface area contributed by atoms with Crippen molar-refractivity contribution >= 4 is 29.1 Å². The number of rotatable bonds is 6. The lowest BCUT2D eigenvalue weighted by Gasteiger charge is -2.29. The highest BCUT2D eigenvalue weighted by Crippen LogP contribution is 2.25. The number of hydrogen-bond donors (Lipinski definition) is 3. The Labute approximate surface area is 169 Å². The number of benzene rings is 1. The number of hydrogen-bond acceptors (Lipinski definition) is 3. The summed E-state index contributed by atoms with van der Waals surface area (Å²) in [6.45, 7) is 9.18. The molecule has 1 saturated heterocycles. The molecule has 0 aliphatic carbocycles. The fraction of sp³-hybridized carbons (Fsp3) is 0.474. The second-order valence-corrected chi connectivity index (χ2v) is 8.08. The van der Waals surface area contributed by atoms with Crippen molar-refractivity contribution in [3.05, 3.63) is 51.3 Å². The first-order chi connectivity index (χ1) is 12.9. The monoisotopic (exact) mass is 412 g/mol. The molecule has 146 valence electrons. The molecule has 1 fully saturated rings. The zero-order valence-corrected chi connectivity index (χ0v) is 17.2. The number of amides is 1. The highest BCUT2D eigenvalue weighted by molar-refractivity contribution is 6.35. The Kier molecular flexibility index (Phi) is 6.76. The summed E-state index contributed by atoms with van der Waals surface area (Å²) in [5, 5.41) is 8.27. The third-order valence-electron chi connectivity index (χ3n) is 4.99. The van der Waals surface area contributed by atoms with Gasteiger partial charge in [0.25, 0.3) is 5.91 Å². The predicted octanol–water partition coefficient (Wildman–Crippen LogP) is 0.451. The Hall–Kier alpha value is -1.60. The van der Waals surface area contributed by atoms with E-state index in [0.717, 1.165) is 49.7 Å². The number of nitrogens with zero attached hydrogens (tertiary/aromatic N) is 1. The van der Waals surface area contributed by atoms with E-state index in [1.165, 1.54) is 9.80 Å². The van der Waals surface area contributed by atoms with E-state index in [9.17, 15) is 4.79 Å². The molecule has 1 aliphatic rings. The Morgan fingerprint density at radius 1 is 1.22 bits per heavy atom. The zero-order valence-electron chi connectivity index (χ0n) is 15.6. The van der Waals surface area contributed by atoms with E-state index >= 15 is 0 Å². The molecule has 1 aliphatic heterocycles. The highest BCUT2D eigenvalue weighted by atomic mass is 35.5. The number of nitrogens with one attached hydrogen (secondary N) is 3. The number of aromatic nitrogens is 1. The Morgan fingerprint density at radius 3 is 2.56 bits per heavy atom. The van der Waals surface area contributed by atoms with Crippen LogP contribution in [-0.2, 0) is 11.3 Å². The van der Waals surface area contributed by atoms with Crippen molar-refractivity contribution in [2.24, 2.45) is 0 Å². The Bertz CT molecular complexity index is 788. The molecular formula is C19H26Cl2N4O2+2. The summed E-state index contributed by atoms with van der Waals surface area (Å²) in [5.41, 5.74) is 1.87. The van der Waals surface area contributed by atoms with Crippen LogP contribution in [0.1, 0.15) is 30.0 Å². The van der Waals surface area contributed by atoms with E-state index in [0.29, 0.717) is 16.6 Å². The molecule has 3 N–H and O–H groups in total. The molecule has 1 atom stereocenters. The van der Waals surface area contributed by atoms with Gasteiger partial charge in [-0.3, -0.25) is 4.79 Å². The summed E-state index contributed by atoms with van der Waals surface area (Å²) in [5.74, 6) is 0.888. The van der Waals surface area contributed by atoms with Gasteiger partial charge in [0.1, 0.15) is 44.2 Å². The SMILES string of the molecule is Cc1cc(C[NH+]2CC[NH+](CC(=O)N[C@H](C)c3ccc(Cl)cc3Cl)CC2)no1. The zero-order chi connectivity index (χ0) is 19.4. The average molecular weight is 413 g/mol. The van der Waals surface area contributed by atoms with Crippen LogP contribution in [0.2, 0.25) is 10.0 Å². The lowest BCUT2D eigenvalue weighted by molar-refractivity contribution is -1.02. The van der Waals surface area contributed by atoms with Gasteiger partial charge in [0.15, 0.2) is 6.54 Å². The van der Waals surface area contributed by atoms with Gasteiger partial charge in [0.05, 0.1) is 6.04 Å². The average Bonchev–Trinajstić information content (AvgIpc) is 3.01. The maximum absolute atomic E-state index is 12.4. The lowest BCUT2D eigenvalue weighted by Crippen LogP contribution is -3.28. The number of aryl methyl sites for hydroxylation is 1. The van der Waals surface area contributed by atoms with Crippen LogP contribution in [0, 0.1) is 6.92 Å². The van der Waals surface area contributed by atoms with E-state index < -0.39 is 0 Å². The van der Waals surface area contributed by atoms with Crippen molar-refractivity contribution in [2.45, 2.75) is 26.4 Å². The van der Waals surface area contributed by atoms with Crippen molar-refractivity contribution in [1.82, 2.24) is 10.5 Å². The molecule has 2 aromatic rings. The van der Waals surface area contributed by atoms with Gasteiger partial charge in [-0.05, 0) is 31.5 Å². The molecule has 1 aromatic heterocycles. The maximum Gasteiger partial charge on any atom is 0.275 e. The van der Waals surface area contributed by atoms with Crippen LogP contribution >= 0.6 is 23.2 Å². The maximum atomic E-state index is 12.4. The summed E-state index contributed by atoms with van der Waals surface area (Å²) in [7, 11) is 0. The summed E-state index contributed by atoms with van der Waals surface area (Å²) in [4.78, 5) is 15.2. The molecule has 8 heteroatoms. The summed E-state index contributed by atoms with van der Waals surface area (Å²) < 4.78 is 5.13. The van der Waals surface area contributed by atoms with Crippen LogP contribution in [-0.4, -0.2) is 43.8 Å². The van der Waals surface area contributed by atoms with Crippen LogP contribution in [0.25, 0.3) is 0 Å². The summed E-state index contributed by atoms with van der Waals surface area (Å²) in [6.07, 6.45) is 0. The van der Waals surface area contributed by atoms with Crippen molar-refractivity contribution in [2.75, 3.05) is 32.7 Å². The molecule has 0 unspecified atom stereocenters. The van der Waals surface area contributed by atoms with Crippen molar-refractivity contribution in [3.8, 4) is 0 Å². The fourth-order valence-electron chi connectivity index (χ4n) is 3.52. The number of carbonyl (C=O) groups is 1. The molecule has 0 spiro atoms. The van der Waals surface area contributed by atoms with E-state index in [1.54, 1.807) is 12.1 Å². The van der Waals surface area contributed by atoms with E-state index in [4.69, 9.17) is 27.7 Å². The standard InChI is InChI=1S/C19H24Cl2N4O2/c1-13-9-16(23-27-13)11-24-5-7-25(8-6-24)12-19(26)22-14(2)17-4-3-15(20)10-18(17)21/h3-4,9-10,14H,5-8,11-12H2,1-2H3,(H,22,26)/p+2/t14-/m1/s1. The van der Waals surface area contributed by atoms with E-state index in [1.807, 2.05) is 26.0 Å². The predicted molar refractivity (Wildman–Crippen MR) is 104 cm³/mol. The van der Waals surface area contributed by atoms with E-state index in [2.05, 4.69) is 10.5 Å². The van der Waals surface area contributed by atoms with Gasteiger partial charge in [0.2, 0.25) is 0 Å². The molecular weight excluding hydrogens is 387 g/mol. The van der Waals surface area contributed by atoms with Crippen molar-refractivity contribution in [3.63, 3.8) is 0 Å². The van der Waals surface area contributed by atoms with Gasteiger partial charge >= 0.3 is 0 Å². The number of quaternary nitrogens is 2. The van der Waals surface area contributed by atoms with Crippen LogP contribution < -0.4 is 15.1 Å². The third-order valence-corrected chi connectivity index (χ3v) is 5.55. The van der Waals surface area contributed by atoms with Gasteiger partial charge in [-0.25, -0.2) is 0 Å². The normalized spacial score (nSPS) is 21.0. The van der Waals surface area contributed by atoms with Gasteiger partial charge < -0.3 is 19.6 Å². The summed E-state index contributed by atoms with van der Waals surface area (Å²) >= 11 is 12.2. The van der Waals surface area contributed by atoms with Crippen molar-refractivity contribution in [1.29, 1.82) is 0 Å². The van der Waals surface area contributed by atoms with Crippen LogP contribution in [0.4, 0.5) is 0 Å². The minimum atomic E-state index is -0.149. The minimum Gasteiger partial charge on any atom is -0.361 e. The van der Waals surface area contributed by atoms with Crippen LogP contribution in [0.5, 0.6) is 0 Å². The van der Waals surface area contributed by atoms with Gasteiger partial charge in [-0.15, -0.1) is 0 Å². The second-order valence-electron chi connectivity index (χ2n) is 7.24. The fourth-order valence-corrected chi connectivity index (χ4v) is 4.09. The highest BCUT2D eigenvalue weighted by Gasteiger charge is 2.26. The van der Waals surface area contributed by atoms with Gasteiger partial charge in [-0.1, -0.05) is 34.4 Å². The molecule has 3 rings (SSSR count).